The van der Waals surface area contributed by atoms with Crippen LogP contribution in [0.4, 0.5) is 8.78 Å². The Hall–Kier alpha value is -2.35. The lowest BCUT2D eigenvalue weighted by Gasteiger charge is -2.20. The number of alkyl halides is 2. The Morgan fingerprint density at radius 1 is 1.17 bits per heavy atom. The van der Waals surface area contributed by atoms with E-state index in [1.165, 1.54) is 48.4 Å². The molecule has 0 aliphatic rings. The molecular formula is C16H14F2N4OS. The van der Waals surface area contributed by atoms with Crippen molar-refractivity contribution in [1.82, 2.24) is 19.5 Å². The number of benzene rings is 1. The molecule has 24 heavy (non-hydrogen) atoms. The molecule has 0 radical (unpaired) electrons. The van der Waals surface area contributed by atoms with Crippen LogP contribution in [0.1, 0.15) is 12.5 Å². The van der Waals surface area contributed by atoms with Crippen LogP contribution in [-0.4, -0.2) is 25.3 Å². The van der Waals surface area contributed by atoms with Gasteiger partial charge >= 0.3 is 0 Å². The van der Waals surface area contributed by atoms with Gasteiger partial charge in [0, 0.05) is 18.0 Å². The minimum atomic E-state index is -3.20. The predicted octanol–water partition coefficient (Wildman–Crippen LogP) is 3.09. The molecule has 0 spiro atoms. The Bertz CT molecular complexity index is 915. The zero-order chi connectivity index (χ0) is 17.2. The monoisotopic (exact) mass is 348 g/mol. The quantitative estimate of drug-likeness (QED) is 0.524. The van der Waals surface area contributed by atoms with Crippen LogP contribution in [0.15, 0.2) is 52.7 Å². The van der Waals surface area contributed by atoms with Crippen molar-refractivity contribution in [2.24, 2.45) is 0 Å². The van der Waals surface area contributed by atoms with E-state index in [9.17, 15) is 13.6 Å². The zero-order valence-corrected chi connectivity index (χ0v) is 13.6. The van der Waals surface area contributed by atoms with Gasteiger partial charge in [-0.15, -0.1) is 0 Å². The zero-order valence-electron chi connectivity index (χ0n) is 12.8. The SMILES string of the molecule is CCSc1nc2nccnc2c(=O)n1CC(F)(F)c1ccccc1. The second-order valence-corrected chi connectivity index (χ2v) is 6.25. The summed E-state index contributed by atoms with van der Waals surface area (Å²) in [5.74, 6) is -2.61. The van der Waals surface area contributed by atoms with Gasteiger partial charge in [0.2, 0.25) is 0 Å². The van der Waals surface area contributed by atoms with Crippen LogP contribution in [0, 0.1) is 0 Å². The molecule has 2 heterocycles. The molecule has 0 fully saturated rings. The highest BCUT2D eigenvalue weighted by atomic mass is 32.2. The molecule has 0 saturated heterocycles. The van der Waals surface area contributed by atoms with Gasteiger partial charge in [0.05, 0.1) is 6.54 Å². The Kier molecular flexibility index (Phi) is 4.57. The summed E-state index contributed by atoms with van der Waals surface area (Å²) in [4.78, 5) is 24.8. The van der Waals surface area contributed by atoms with Gasteiger partial charge < -0.3 is 0 Å². The highest BCUT2D eigenvalue weighted by Gasteiger charge is 2.33. The number of thioether (sulfide) groups is 1. The van der Waals surface area contributed by atoms with Gasteiger partial charge in [-0.1, -0.05) is 49.0 Å². The lowest BCUT2D eigenvalue weighted by molar-refractivity contribution is -0.0256. The van der Waals surface area contributed by atoms with Crippen LogP contribution < -0.4 is 5.56 Å². The molecule has 0 aliphatic carbocycles. The third-order valence-corrected chi connectivity index (χ3v) is 4.24. The van der Waals surface area contributed by atoms with E-state index in [1.54, 1.807) is 6.07 Å². The summed E-state index contributed by atoms with van der Waals surface area (Å²) in [5.41, 5.74) is -0.609. The largest absolute Gasteiger partial charge is 0.290 e. The Labute approximate surface area is 140 Å². The number of hydrogen-bond donors (Lipinski definition) is 0. The number of hydrogen-bond acceptors (Lipinski definition) is 5. The first kappa shape index (κ1) is 16.5. The lowest BCUT2D eigenvalue weighted by Crippen LogP contribution is -2.32. The third-order valence-electron chi connectivity index (χ3n) is 3.39. The molecule has 1 aromatic carbocycles. The van der Waals surface area contributed by atoms with E-state index < -0.39 is 18.0 Å². The first-order valence-electron chi connectivity index (χ1n) is 7.30. The molecule has 5 nitrogen and oxygen atoms in total. The van der Waals surface area contributed by atoms with E-state index in [1.807, 2.05) is 6.92 Å². The van der Waals surface area contributed by atoms with Gasteiger partial charge in [0.25, 0.3) is 11.5 Å². The number of halogens is 2. The summed E-state index contributed by atoms with van der Waals surface area (Å²) in [7, 11) is 0. The molecule has 3 aromatic rings. The van der Waals surface area contributed by atoms with E-state index in [4.69, 9.17) is 0 Å². The smallest absolute Gasteiger partial charge is 0.279 e. The molecule has 0 saturated carbocycles. The molecule has 0 N–H and O–H groups in total. The normalized spacial score (nSPS) is 11.8. The highest BCUT2D eigenvalue weighted by Crippen LogP contribution is 2.30. The predicted molar refractivity (Wildman–Crippen MR) is 88.3 cm³/mol. The minimum absolute atomic E-state index is 0.0122. The van der Waals surface area contributed by atoms with Crippen LogP contribution in [0.2, 0.25) is 0 Å². The van der Waals surface area contributed by atoms with Crippen molar-refractivity contribution in [2.45, 2.75) is 24.5 Å². The molecule has 0 amide bonds. The Morgan fingerprint density at radius 2 is 1.88 bits per heavy atom. The van der Waals surface area contributed by atoms with Gasteiger partial charge in [-0.05, 0) is 5.75 Å². The topological polar surface area (TPSA) is 60.7 Å². The fraction of sp³-hybridized carbons (Fsp3) is 0.250. The van der Waals surface area contributed by atoms with Gasteiger partial charge in [0.15, 0.2) is 16.3 Å². The maximum absolute atomic E-state index is 14.6. The van der Waals surface area contributed by atoms with Crippen LogP contribution >= 0.6 is 11.8 Å². The van der Waals surface area contributed by atoms with Crippen LogP contribution in [0.3, 0.4) is 0 Å². The fourth-order valence-corrected chi connectivity index (χ4v) is 2.99. The van der Waals surface area contributed by atoms with Gasteiger partial charge in [-0.25, -0.2) is 15.0 Å². The average Bonchev–Trinajstić information content (AvgIpc) is 2.59. The van der Waals surface area contributed by atoms with Crippen molar-refractivity contribution in [2.75, 3.05) is 5.75 Å². The van der Waals surface area contributed by atoms with Crippen molar-refractivity contribution >= 4 is 22.9 Å². The first-order chi connectivity index (χ1) is 11.5. The van der Waals surface area contributed by atoms with Gasteiger partial charge in [-0.2, -0.15) is 8.78 Å². The van der Waals surface area contributed by atoms with E-state index >= 15 is 0 Å². The van der Waals surface area contributed by atoms with Crippen molar-refractivity contribution < 1.29 is 8.78 Å². The molecule has 2 aromatic heterocycles. The second kappa shape index (κ2) is 6.64. The second-order valence-electron chi connectivity index (χ2n) is 5.02. The van der Waals surface area contributed by atoms with Gasteiger partial charge in [-0.3, -0.25) is 9.36 Å². The summed E-state index contributed by atoms with van der Waals surface area (Å²) in [6.45, 7) is 1.06. The highest BCUT2D eigenvalue weighted by molar-refractivity contribution is 7.99. The molecular weight excluding hydrogens is 334 g/mol. The molecule has 0 aliphatic heterocycles. The first-order valence-corrected chi connectivity index (χ1v) is 8.29. The van der Waals surface area contributed by atoms with Crippen molar-refractivity contribution in [3.05, 3.63) is 58.6 Å². The minimum Gasteiger partial charge on any atom is -0.279 e. The standard InChI is InChI=1S/C16H14F2N4OS/c1-2-24-15-21-13-12(19-8-9-20-13)14(23)22(15)10-16(17,18)11-6-4-3-5-7-11/h3-9H,2,10H2,1H3. The van der Waals surface area contributed by atoms with Crippen molar-refractivity contribution in [1.29, 1.82) is 0 Å². The number of fused-ring (bicyclic) bond motifs is 1. The maximum atomic E-state index is 14.6. The molecule has 0 unspecified atom stereocenters. The van der Waals surface area contributed by atoms with Crippen molar-refractivity contribution in [3.63, 3.8) is 0 Å². The fourth-order valence-electron chi connectivity index (χ4n) is 2.28. The van der Waals surface area contributed by atoms with Gasteiger partial charge in [0.1, 0.15) is 0 Å². The molecule has 3 rings (SSSR count). The maximum Gasteiger partial charge on any atom is 0.290 e. The van der Waals surface area contributed by atoms with E-state index in [0.717, 1.165) is 4.57 Å². The Morgan fingerprint density at radius 3 is 2.58 bits per heavy atom. The summed E-state index contributed by atoms with van der Waals surface area (Å²) >= 11 is 1.22. The average molecular weight is 348 g/mol. The number of nitrogens with zero attached hydrogens (tertiary/aromatic N) is 4. The Balaban J connectivity index is 2.12. The summed E-state index contributed by atoms with van der Waals surface area (Å²) < 4.78 is 30.2. The van der Waals surface area contributed by atoms with Crippen LogP contribution in [-0.2, 0) is 12.5 Å². The van der Waals surface area contributed by atoms with E-state index in [-0.39, 0.29) is 21.9 Å². The molecule has 8 heteroatoms. The molecule has 124 valence electrons. The third kappa shape index (κ3) is 3.14. The molecule has 0 bridgehead atoms. The number of rotatable bonds is 5. The van der Waals surface area contributed by atoms with E-state index in [2.05, 4.69) is 15.0 Å². The van der Waals surface area contributed by atoms with Crippen LogP contribution in [0.25, 0.3) is 11.2 Å². The van der Waals surface area contributed by atoms with Crippen molar-refractivity contribution in [3.8, 4) is 0 Å². The molecule has 0 atom stereocenters. The van der Waals surface area contributed by atoms with Crippen LogP contribution in [0.5, 0.6) is 0 Å². The summed E-state index contributed by atoms with van der Waals surface area (Å²) in [5, 5.41) is 0.214. The summed E-state index contributed by atoms with van der Waals surface area (Å²) in [6.07, 6.45) is 2.76. The lowest BCUT2D eigenvalue weighted by atomic mass is 10.1. The van der Waals surface area contributed by atoms with E-state index in [0.29, 0.717) is 5.75 Å². The summed E-state index contributed by atoms with van der Waals surface area (Å²) in [6, 6.07) is 7.42. The number of aromatic nitrogens is 4.